The van der Waals surface area contributed by atoms with E-state index in [4.69, 9.17) is 9.15 Å². The second kappa shape index (κ2) is 4.62. The molecule has 0 radical (unpaired) electrons. The molecule has 3 rings (SSSR count). The first-order chi connectivity index (χ1) is 9.20. The summed E-state index contributed by atoms with van der Waals surface area (Å²) in [6, 6.07) is 6.02. The molecule has 0 fully saturated rings. The van der Waals surface area contributed by atoms with Crippen molar-refractivity contribution in [3.8, 4) is 17.2 Å². The zero-order valence-electron chi connectivity index (χ0n) is 9.85. The second-order valence-electron chi connectivity index (χ2n) is 3.82. The lowest BCUT2D eigenvalue weighted by molar-refractivity contribution is 0.402. The number of rotatable bonds is 2. The first-order valence-electron chi connectivity index (χ1n) is 5.43. The number of furan rings is 1. The van der Waals surface area contributed by atoms with Gasteiger partial charge in [0.05, 0.1) is 11.6 Å². The van der Waals surface area contributed by atoms with Crippen molar-refractivity contribution in [2.45, 2.75) is 0 Å². The number of hydrogen-bond donors (Lipinski definition) is 0. The van der Waals surface area contributed by atoms with Crippen molar-refractivity contribution in [1.29, 1.82) is 0 Å². The topological polar surface area (TPSA) is 48.2 Å². The van der Waals surface area contributed by atoms with Crippen LogP contribution in [-0.2, 0) is 0 Å². The Labute approximate surface area is 116 Å². The summed E-state index contributed by atoms with van der Waals surface area (Å²) >= 11 is 3.45. The number of methoxy groups -OCH3 is 1. The molecule has 0 saturated heterocycles. The van der Waals surface area contributed by atoms with Crippen LogP contribution in [0, 0.1) is 5.82 Å². The number of nitrogens with zero attached hydrogens (tertiary/aromatic N) is 2. The molecule has 0 unspecified atom stereocenters. The maximum absolute atomic E-state index is 12.9. The molecule has 0 N–H and O–H groups in total. The molecule has 0 amide bonds. The molecule has 0 aliphatic carbocycles. The summed E-state index contributed by atoms with van der Waals surface area (Å²) in [5.41, 5.74) is 1.16. The fourth-order valence-electron chi connectivity index (χ4n) is 1.82. The molecule has 96 valence electrons. The van der Waals surface area contributed by atoms with Crippen LogP contribution in [0.3, 0.4) is 0 Å². The van der Waals surface area contributed by atoms with Crippen molar-refractivity contribution in [3.05, 3.63) is 40.9 Å². The van der Waals surface area contributed by atoms with Gasteiger partial charge in [-0.05, 0) is 40.2 Å². The van der Waals surface area contributed by atoms with Crippen LogP contribution in [0.4, 0.5) is 4.39 Å². The van der Waals surface area contributed by atoms with E-state index in [2.05, 4.69) is 25.9 Å². The maximum Gasteiger partial charge on any atom is 0.234 e. The summed E-state index contributed by atoms with van der Waals surface area (Å²) in [5, 5.41) is 0.657. The summed E-state index contributed by atoms with van der Waals surface area (Å²) in [5.74, 6) is 0.691. The van der Waals surface area contributed by atoms with E-state index < -0.39 is 0 Å². The molecule has 1 aromatic carbocycles. The van der Waals surface area contributed by atoms with Crippen molar-refractivity contribution < 1.29 is 13.5 Å². The summed E-state index contributed by atoms with van der Waals surface area (Å²) in [7, 11) is 1.53. The van der Waals surface area contributed by atoms with E-state index in [0.717, 1.165) is 5.56 Å². The molecule has 2 heterocycles. The van der Waals surface area contributed by atoms with Gasteiger partial charge in [0.15, 0.2) is 5.76 Å². The van der Waals surface area contributed by atoms with Gasteiger partial charge in [-0.15, -0.1) is 0 Å². The van der Waals surface area contributed by atoms with E-state index in [1.54, 1.807) is 12.1 Å². The highest BCUT2D eigenvalue weighted by molar-refractivity contribution is 9.10. The minimum Gasteiger partial charge on any atom is -0.480 e. The van der Waals surface area contributed by atoms with Crippen LogP contribution in [0.15, 0.2) is 39.5 Å². The lowest BCUT2D eigenvalue weighted by atomic mass is 10.1. The van der Waals surface area contributed by atoms with E-state index in [1.807, 2.05) is 0 Å². The predicted molar refractivity (Wildman–Crippen MR) is 71.5 cm³/mol. The average molecular weight is 323 g/mol. The Morgan fingerprint density at radius 3 is 2.63 bits per heavy atom. The Morgan fingerprint density at radius 1 is 1.21 bits per heavy atom. The molecule has 0 bridgehead atoms. The fourth-order valence-corrected chi connectivity index (χ4v) is 2.47. The van der Waals surface area contributed by atoms with Gasteiger partial charge in [-0.2, -0.15) is 0 Å². The Hall–Kier alpha value is -1.95. The van der Waals surface area contributed by atoms with Gasteiger partial charge in [-0.25, -0.2) is 14.4 Å². The quantitative estimate of drug-likeness (QED) is 0.720. The summed E-state index contributed by atoms with van der Waals surface area (Å²) in [6.07, 6.45) is 1.37. The third-order valence-corrected chi connectivity index (χ3v) is 3.45. The predicted octanol–water partition coefficient (Wildman–Crippen LogP) is 3.80. The van der Waals surface area contributed by atoms with Gasteiger partial charge in [0, 0.05) is 5.56 Å². The molecular formula is C13H8BrFN2O2. The number of ether oxygens (including phenoxy) is 1. The van der Waals surface area contributed by atoms with Crippen LogP contribution >= 0.6 is 15.9 Å². The SMILES string of the molecule is COc1ncnc2oc(-c3ccc(F)cc3)c(Br)c12. The largest absolute Gasteiger partial charge is 0.480 e. The first-order valence-corrected chi connectivity index (χ1v) is 6.23. The van der Waals surface area contributed by atoms with Crippen LogP contribution in [-0.4, -0.2) is 17.1 Å². The smallest absolute Gasteiger partial charge is 0.234 e. The Balaban J connectivity index is 2.25. The lowest BCUT2D eigenvalue weighted by Crippen LogP contribution is -1.88. The summed E-state index contributed by atoms with van der Waals surface area (Å²) in [6.45, 7) is 0. The van der Waals surface area contributed by atoms with Gasteiger partial charge in [0.1, 0.15) is 17.5 Å². The van der Waals surface area contributed by atoms with E-state index >= 15 is 0 Å². The highest BCUT2D eigenvalue weighted by Gasteiger charge is 2.19. The third kappa shape index (κ3) is 1.98. The standard InChI is InChI=1S/C13H8BrFN2O2/c1-18-12-9-10(14)11(19-13(9)17-6-16-12)7-2-4-8(15)5-3-7/h2-6H,1H3. The van der Waals surface area contributed by atoms with Gasteiger partial charge < -0.3 is 9.15 Å². The van der Waals surface area contributed by atoms with E-state index in [1.165, 1.54) is 25.6 Å². The number of halogens is 2. The van der Waals surface area contributed by atoms with Crippen molar-refractivity contribution in [3.63, 3.8) is 0 Å². The van der Waals surface area contributed by atoms with Crippen molar-refractivity contribution in [2.24, 2.45) is 0 Å². The zero-order valence-corrected chi connectivity index (χ0v) is 11.4. The molecule has 0 aliphatic rings. The number of aromatic nitrogens is 2. The summed E-state index contributed by atoms with van der Waals surface area (Å²) < 4.78 is 24.5. The van der Waals surface area contributed by atoms with E-state index in [0.29, 0.717) is 27.2 Å². The Morgan fingerprint density at radius 2 is 1.95 bits per heavy atom. The van der Waals surface area contributed by atoms with Gasteiger partial charge in [0.25, 0.3) is 0 Å². The summed E-state index contributed by atoms with van der Waals surface area (Å²) in [4.78, 5) is 8.08. The molecule has 0 saturated carbocycles. The van der Waals surface area contributed by atoms with Crippen molar-refractivity contribution in [1.82, 2.24) is 9.97 Å². The molecular weight excluding hydrogens is 315 g/mol. The van der Waals surface area contributed by atoms with Gasteiger partial charge in [-0.3, -0.25) is 0 Å². The minimum absolute atomic E-state index is 0.298. The van der Waals surface area contributed by atoms with Crippen LogP contribution in [0.2, 0.25) is 0 Å². The van der Waals surface area contributed by atoms with Gasteiger partial charge >= 0.3 is 0 Å². The van der Waals surface area contributed by atoms with Crippen molar-refractivity contribution in [2.75, 3.05) is 7.11 Å². The van der Waals surface area contributed by atoms with Gasteiger partial charge in [-0.1, -0.05) is 0 Å². The van der Waals surface area contributed by atoms with E-state index in [9.17, 15) is 4.39 Å². The molecule has 19 heavy (non-hydrogen) atoms. The number of fused-ring (bicyclic) bond motifs is 1. The molecule has 6 heteroatoms. The highest BCUT2D eigenvalue weighted by atomic mass is 79.9. The highest BCUT2D eigenvalue weighted by Crippen LogP contribution is 2.40. The molecule has 0 atom stereocenters. The maximum atomic E-state index is 12.9. The average Bonchev–Trinajstić information content (AvgIpc) is 2.77. The molecule has 0 aliphatic heterocycles. The minimum atomic E-state index is -0.298. The normalized spacial score (nSPS) is 10.9. The number of benzene rings is 1. The van der Waals surface area contributed by atoms with Gasteiger partial charge in [0.2, 0.25) is 11.6 Å². The van der Waals surface area contributed by atoms with Crippen LogP contribution in [0.25, 0.3) is 22.4 Å². The fraction of sp³-hybridized carbons (Fsp3) is 0.0769. The third-order valence-electron chi connectivity index (χ3n) is 2.70. The molecule has 4 nitrogen and oxygen atoms in total. The molecule has 2 aromatic heterocycles. The lowest BCUT2D eigenvalue weighted by Gasteiger charge is -1.98. The van der Waals surface area contributed by atoms with Crippen LogP contribution < -0.4 is 4.74 Å². The monoisotopic (exact) mass is 322 g/mol. The van der Waals surface area contributed by atoms with Crippen molar-refractivity contribution >= 4 is 27.0 Å². The first kappa shape index (κ1) is 12.1. The Bertz CT molecular complexity index is 740. The molecule has 0 spiro atoms. The molecule has 3 aromatic rings. The zero-order chi connectivity index (χ0) is 13.4. The van der Waals surface area contributed by atoms with Crippen LogP contribution in [0.1, 0.15) is 0 Å². The number of hydrogen-bond acceptors (Lipinski definition) is 4. The van der Waals surface area contributed by atoms with Crippen LogP contribution in [0.5, 0.6) is 5.88 Å². The second-order valence-corrected chi connectivity index (χ2v) is 4.61. The Kier molecular flexibility index (Phi) is 2.94. The van der Waals surface area contributed by atoms with E-state index in [-0.39, 0.29) is 5.82 Å².